The van der Waals surface area contributed by atoms with Gasteiger partial charge in [-0.15, -0.1) is 0 Å². The van der Waals surface area contributed by atoms with Crippen molar-refractivity contribution >= 4 is 10.0 Å². The lowest BCUT2D eigenvalue weighted by atomic mass is 9.98. The zero-order chi connectivity index (χ0) is 15.3. The summed E-state index contributed by atoms with van der Waals surface area (Å²) in [5.74, 6) is 0.367. The molecule has 0 radical (unpaired) electrons. The molecule has 1 heterocycles. The molecule has 1 aromatic heterocycles. The lowest BCUT2D eigenvalue weighted by Gasteiger charge is -2.22. The third kappa shape index (κ3) is 4.52. The van der Waals surface area contributed by atoms with Gasteiger partial charge in [-0.05, 0) is 25.2 Å². The van der Waals surface area contributed by atoms with E-state index < -0.39 is 10.0 Å². The van der Waals surface area contributed by atoms with Gasteiger partial charge in [0.1, 0.15) is 4.90 Å². The van der Waals surface area contributed by atoms with Crippen LogP contribution >= 0.6 is 0 Å². The van der Waals surface area contributed by atoms with Crippen molar-refractivity contribution in [3.8, 4) is 0 Å². The van der Waals surface area contributed by atoms with E-state index in [1.165, 1.54) is 25.2 Å². The first-order chi connectivity index (χ1) is 10.0. The van der Waals surface area contributed by atoms with Gasteiger partial charge in [0, 0.05) is 25.4 Å². The summed E-state index contributed by atoms with van der Waals surface area (Å²) in [5, 5.41) is 12.8. The number of aliphatic hydroxyl groups is 1. The Bertz CT molecular complexity index is 541. The molecule has 21 heavy (non-hydrogen) atoms. The summed E-state index contributed by atoms with van der Waals surface area (Å²) >= 11 is 0. The molecule has 0 saturated heterocycles. The summed E-state index contributed by atoms with van der Waals surface area (Å²) in [6.45, 7) is 2.70. The first kappa shape index (κ1) is 16.5. The zero-order valence-corrected chi connectivity index (χ0v) is 13.3. The normalized spacial score (nSPS) is 23.9. The number of aryl methyl sites for hydroxylation is 1. The molecule has 7 heteroatoms. The summed E-state index contributed by atoms with van der Waals surface area (Å²) in [5.41, 5.74) is 0. The third-order valence-electron chi connectivity index (χ3n) is 4.13. The topological polar surface area (TPSA) is 84.2 Å². The molecule has 0 aliphatic heterocycles. The van der Waals surface area contributed by atoms with Crippen molar-refractivity contribution < 1.29 is 13.5 Å². The van der Waals surface area contributed by atoms with Gasteiger partial charge in [-0.1, -0.05) is 26.2 Å². The second-order valence-electron chi connectivity index (χ2n) is 5.86. The van der Waals surface area contributed by atoms with Crippen LogP contribution in [0.3, 0.4) is 0 Å². The predicted molar refractivity (Wildman–Crippen MR) is 80.3 cm³/mol. The molecular weight excluding hydrogens is 290 g/mol. The molecule has 1 fully saturated rings. The standard InChI is InChI=1S/C14H25N3O3S/c1-12-6-3-2-4-7-14(12)16-21(19,20)13-10-15-17(11-13)8-5-9-18/h10-12,14,16,18H,2-9H2,1H3. The molecule has 1 aromatic rings. The van der Waals surface area contributed by atoms with E-state index in [1.54, 1.807) is 4.68 Å². The molecule has 0 bridgehead atoms. The van der Waals surface area contributed by atoms with Gasteiger partial charge in [0.2, 0.25) is 10.0 Å². The lowest BCUT2D eigenvalue weighted by molar-refractivity contribution is 0.277. The summed E-state index contributed by atoms with van der Waals surface area (Å²) in [7, 11) is -3.51. The van der Waals surface area contributed by atoms with Crippen LogP contribution in [0.2, 0.25) is 0 Å². The largest absolute Gasteiger partial charge is 0.396 e. The van der Waals surface area contributed by atoms with E-state index in [1.807, 2.05) is 0 Å². The monoisotopic (exact) mass is 315 g/mol. The van der Waals surface area contributed by atoms with E-state index in [2.05, 4.69) is 16.7 Å². The molecule has 2 unspecified atom stereocenters. The second kappa shape index (κ2) is 7.38. The zero-order valence-electron chi connectivity index (χ0n) is 12.5. The Morgan fingerprint density at radius 3 is 2.90 bits per heavy atom. The Labute approximate surface area is 126 Å². The van der Waals surface area contributed by atoms with Gasteiger partial charge < -0.3 is 5.11 Å². The second-order valence-corrected chi connectivity index (χ2v) is 7.57. The van der Waals surface area contributed by atoms with Crippen LogP contribution in [0.5, 0.6) is 0 Å². The average Bonchev–Trinajstić information content (AvgIpc) is 2.84. The number of nitrogens with zero attached hydrogens (tertiary/aromatic N) is 2. The van der Waals surface area contributed by atoms with E-state index in [4.69, 9.17) is 5.11 Å². The van der Waals surface area contributed by atoms with E-state index in [0.717, 1.165) is 19.3 Å². The van der Waals surface area contributed by atoms with Crippen molar-refractivity contribution in [1.82, 2.24) is 14.5 Å². The predicted octanol–water partition coefficient (Wildman–Crippen LogP) is 1.51. The maximum atomic E-state index is 12.4. The van der Waals surface area contributed by atoms with Crippen molar-refractivity contribution in [1.29, 1.82) is 0 Å². The van der Waals surface area contributed by atoms with Crippen LogP contribution in [0.1, 0.15) is 45.4 Å². The maximum Gasteiger partial charge on any atom is 0.243 e. The quantitative estimate of drug-likeness (QED) is 0.779. The fraction of sp³-hybridized carbons (Fsp3) is 0.786. The Balaban J connectivity index is 2.04. The van der Waals surface area contributed by atoms with Crippen molar-refractivity contribution in [2.75, 3.05) is 6.61 Å². The Morgan fingerprint density at radius 2 is 2.14 bits per heavy atom. The number of hydrogen-bond acceptors (Lipinski definition) is 4. The minimum Gasteiger partial charge on any atom is -0.396 e. The van der Waals surface area contributed by atoms with Gasteiger partial charge in [0.05, 0.1) is 6.20 Å². The minimum atomic E-state index is -3.51. The number of aromatic nitrogens is 2. The SMILES string of the molecule is CC1CCCCCC1NS(=O)(=O)c1cnn(CCCO)c1. The van der Waals surface area contributed by atoms with E-state index in [0.29, 0.717) is 18.9 Å². The Hall–Kier alpha value is -0.920. The minimum absolute atomic E-state index is 0.0123. The first-order valence-corrected chi connectivity index (χ1v) is 9.17. The van der Waals surface area contributed by atoms with E-state index >= 15 is 0 Å². The molecule has 6 nitrogen and oxygen atoms in total. The van der Waals surface area contributed by atoms with Crippen LogP contribution in [0.25, 0.3) is 0 Å². The fourth-order valence-corrected chi connectivity index (χ4v) is 4.10. The highest BCUT2D eigenvalue weighted by molar-refractivity contribution is 7.89. The number of sulfonamides is 1. The van der Waals surface area contributed by atoms with Gasteiger partial charge in [-0.25, -0.2) is 13.1 Å². The number of aliphatic hydroxyl groups excluding tert-OH is 1. The van der Waals surface area contributed by atoms with E-state index in [9.17, 15) is 8.42 Å². The molecule has 2 atom stereocenters. The van der Waals surface area contributed by atoms with Crippen molar-refractivity contribution in [3.63, 3.8) is 0 Å². The highest BCUT2D eigenvalue weighted by Crippen LogP contribution is 2.24. The maximum absolute atomic E-state index is 12.4. The number of hydrogen-bond donors (Lipinski definition) is 2. The molecule has 1 saturated carbocycles. The summed E-state index contributed by atoms with van der Waals surface area (Å²) in [4.78, 5) is 0.205. The van der Waals surface area contributed by atoms with Crippen molar-refractivity contribution in [2.24, 2.45) is 5.92 Å². The molecule has 1 aliphatic carbocycles. The third-order valence-corrected chi connectivity index (χ3v) is 5.58. The highest BCUT2D eigenvalue weighted by Gasteiger charge is 2.26. The molecule has 1 aliphatic rings. The smallest absolute Gasteiger partial charge is 0.243 e. The lowest BCUT2D eigenvalue weighted by Crippen LogP contribution is -2.38. The molecule has 2 N–H and O–H groups in total. The van der Waals surface area contributed by atoms with Gasteiger partial charge in [-0.3, -0.25) is 4.68 Å². The molecule has 0 aromatic carbocycles. The Morgan fingerprint density at radius 1 is 1.38 bits per heavy atom. The summed E-state index contributed by atoms with van der Waals surface area (Å²) < 4.78 is 29.3. The average molecular weight is 315 g/mol. The van der Waals surface area contributed by atoms with Crippen LogP contribution in [0, 0.1) is 5.92 Å². The fourth-order valence-electron chi connectivity index (χ4n) is 2.77. The van der Waals surface area contributed by atoms with Gasteiger partial charge in [0.15, 0.2) is 0 Å². The van der Waals surface area contributed by atoms with E-state index in [-0.39, 0.29) is 17.5 Å². The molecule has 2 rings (SSSR count). The summed E-state index contributed by atoms with van der Waals surface area (Å²) in [6.07, 6.45) is 8.88. The van der Waals surface area contributed by atoms with Gasteiger partial charge >= 0.3 is 0 Å². The van der Waals surface area contributed by atoms with Crippen molar-refractivity contribution in [2.45, 2.75) is 62.9 Å². The highest BCUT2D eigenvalue weighted by atomic mass is 32.2. The van der Waals surface area contributed by atoms with Crippen LogP contribution in [0.15, 0.2) is 17.3 Å². The number of nitrogens with one attached hydrogen (secondary N) is 1. The van der Waals surface area contributed by atoms with Crippen LogP contribution in [-0.2, 0) is 16.6 Å². The molecule has 0 amide bonds. The molecular formula is C14H25N3O3S. The number of rotatable bonds is 6. The molecule has 120 valence electrons. The first-order valence-electron chi connectivity index (χ1n) is 7.68. The summed E-state index contributed by atoms with van der Waals surface area (Å²) in [6, 6.07) is 0.0123. The van der Waals surface area contributed by atoms with Crippen LogP contribution in [0.4, 0.5) is 0 Å². The Kier molecular flexibility index (Phi) is 5.78. The van der Waals surface area contributed by atoms with Crippen LogP contribution < -0.4 is 4.72 Å². The van der Waals surface area contributed by atoms with Crippen LogP contribution in [-0.4, -0.2) is 36.0 Å². The van der Waals surface area contributed by atoms with Gasteiger partial charge in [0.25, 0.3) is 0 Å². The molecule has 0 spiro atoms. The van der Waals surface area contributed by atoms with Crippen molar-refractivity contribution in [3.05, 3.63) is 12.4 Å². The van der Waals surface area contributed by atoms with Gasteiger partial charge in [-0.2, -0.15) is 5.10 Å².